The maximum Gasteiger partial charge on any atom is 0.118 e. The Kier molecular flexibility index (Phi) is 3.36. The van der Waals surface area contributed by atoms with Crippen molar-refractivity contribution in [3.63, 3.8) is 0 Å². The fourth-order valence-electron chi connectivity index (χ4n) is 2.74. The van der Waals surface area contributed by atoms with Crippen molar-refractivity contribution in [3.05, 3.63) is 59.2 Å². The molecule has 3 heteroatoms. The van der Waals surface area contributed by atoms with Crippen LogP contribution in [0.1, 0.15) is 22.8 Å². The summed E-state index contributed by atoms with van der Waals surface area (Å²) in [6.07, 6.45) is 0.465. The molecule has 0 saturated heterocycles. The average Bonchev–Trinajstić information content (AvgIpc) is 2.87. The summed E-state index contributed by atoms with van der Waals surface area (Å²) in [6, 6.07) is 13.8. The lowest BCUT2D eigenvalue weighted by Gasteiger charge is -2.15. The molecule has 1 aliphatic heterocycles. The standard InChI is InChI=1S/C17H19NO2/c1-18-10-9-13-11-14(5-8-16(13)18)17(19)12-3-6-15(20-2)7-4-12/h3-8,11,17,19H,9-10H2,1-2H3. The normalized spacial score (nSPS) is 15.1. The van der Waals surface area contributed by atoms with Gasteiger partial charge in [0.2, 0.25) is 0 Å². The van der Waals surface area contributed by atoms with Crippen LogP contribution in [0.4, 0.5) is 5.69 Å². The topological polar surface area (TPSA) is 32.7 Å². The number of fused-ring (bicyclic) bond motifs is 1. The van der Waals surface area contributed by atoms with E-state index in [0.29, 0.717) is 0 Å². The molecule has 1 aliphatic rings. The molecule has 0 aliphatic carbocycles. The summed E-state index contributed by atoms with van der Waals surface area (Å²) in [7, 11) is 3.74. The van der Waals surface area contributed by atoms with E-state index < -0.39 is 6.10 Å². The van der Waals surface area contributed by atoms with Crippen LogP contribution in [-0.2, 0) is 6.42 Å². The van der Waals surface area contributed by atoms with Crippen LogP contribution in [0.3, 0.4) is 0 Å². The number of likely N-dealkylation sites (N-methyl/N-ethyl adjacent to an activating group) is 1. The number of benzene rings is 2. The summed E-state index contributed by atoms with van der Waals surface area (Å²) in [6.45, 7) is 1.05. The molecular formula is C17H19NO2. The van der Waals surface area contributed by atoms with Crippen LogP contribution in [-0.4, -0.2) is 25.8 Å². The van der Waals surface area contributed by atoms with Gasteiger partial charge in [0, 0.05) is 19.3 Å². The van der Waals surface area contributed by atoms with Crippen molar-refractivity contribution < 1.29 is 9.84 Å². The van der Waals surface area contributed by atoms with Gasteiger partial charge in [0.15, 0.2) is 0 Å². The van der Waals surface area contributed by atoms with E-state index in [-0.39, 0.29) is 0 Å². The van der Waals surface area contributed by atoms with Gasteiger partial charge in [-0.05, 0) is 41.3 Å². The van der Waals surface area contributed by atoms with Crippen LogP contribution in [0, 0.1) is 0 Å². The molecule has 2 aromatic rings. The van der Waals surface area contributed by atoms with Crippen molar-refractivity contribution in [1.82, 2.24) is 0 Å². The molecule has 20 heavy (non-hydrogen) atoms. The maximum absolute atomic E-state index is 10.5. The van der Waals surface area contributed by atoms with E-state index >= 15 is 0 Å². The maximum atomic E-state index is 10.5. The number of methoxy groups -OCH3 is 1. The van der Waals surface area contributed by atoms with Crippen LogP contribution >= 0.6 is 0 Å². The third kappa shape index (κ3) is 2.25. The highest BCUT2D eigenvalue weighted by Crippen LogP contribution is 2.31. The van der Waals surface area contributed by atoms with Crippen LogP contribution in [0.5, 0.6) is 5.75 Å². The van der Waals surface area contributed by atoms with Crippen LogP contribution in [0.25, 0.3) is 0 Å². The SMILES string of the molecule is COc1ccc(C(O)c2ccc3c(c2)CCN3C)cc1. The van der Waals surface area contributed by atoms with Crippen molar-refractivity contribution in [3.8, 4) is 5.75 Å². The highest BCUT2D eigenvalue weighted by molar-refractivity contribution is 5.59. The predicted molar refractivity (Wildman–Crippen MR) is 80.5 cm³/mol. The van der Waals surface area contributed by atoms with E-state index in [1.807, 2.05) is 30.3 Å². The number of aliphatic hydroxyl groups is 1. The second-order valence-electron chi connectivity index (χ2n) is 5.24. The second-order valence-corrected chi connectivity index (χ2v) is 5.24. The Morgan fingerprint density at radius 3 is 2.50 bits per heavy atom. The van der Waals surface area contributed by atoms with Crippen molar-refractivity contribution in [2.75, 3.05) is 25.6 Å². The van der Waals surface area contributed by atoms with E-state index in [1.54, 1.807) is 7.11 Å². The number of rotatable bonds is 3. The van der Waals surface area contributed by atoms with Crippen molar-refractivity contribution in [2.45, 2.75) is 12.5 Å². The van der Waals surface area contributed by atoms with Gasteiger partial charge in [0.05, 0.1) is 7.11 Å². The van der Waals surface area contributed by atoms with Crippen LogP contribution < -0.4 is 9.64 Å². The van der Waals surface area contributed by atoms with E-state index in [4.69, 9.17) is 4.74 Å². The van der Waals surface area contributed by atoms with Crippen LogP contribution in [0.15, 0.2) is 42.5 Å². The fourth-order valence-corrected chi connectivity index (χ4v) is 2.74. The van der Waals surface area contributed by atoms with Gasteiger partial charge in [-0.2, -0.15) is 0 Å². The zero-order valence-electron chi connectivity index (χ0n) is 11.8. The molecule has 0 spiro atoms. The highest BCUT2D eigenvalue weighted by atomic mass is 16.5. The molecule has 1 unspecified atom stereocenters. The number of nitrogens with zero attached hydrogens (tertiary/aromatic N) is 1. The first-order chi connectivity index (χ1) is 9.69. The number of aliphatic hydroxyl groups excluding tert-OH is 1. The molecule has 0 radical (unpaired) electrons. The molecule has 0 amide bonds. The number of hydrogen-bond acceptors (Lipinski definition) is 3. The summed E-state index contributed by atoms with van der Waals surface area (Å²) in [4.78, 5) is 2.25. The zero-order valence-corrected chi connectivity index (χ0v) is 11.8. The molecule has 104 valence electrons. The van der Waals surface area contributed by atoms with Gasteiger partial charge in [-0.1, -0.05) is 24.3 Å². The smallest absolute Gasteiger partial charge is 0.118 e. The quantitative estimate of drug-likeness (QED) is 0.930. The third-order valence-corrected chi connectivity index (χ3v) is 3.98. The summed E-state index contributed by atoms with van der Waals surface area (Å²) < 4.78 is 5.14. The fraction of sp³-hybridized carbons (Fsp3) is 0.294. The second kappa shape index (κ2) is 5.17. The van der Waals surface area contributed by atoms with Crippen LogP contribution in [0.2, 0.25) is 0 Å². The Morgan fingerprint density at radius 2 is 1.80 bits per heavy atom. The third-order valence-electron chi connectivity index (χ3n) is 3.98. The zero-order chi connectivity index (χ0) is 14.1. The lowest BCUT2D eigenvalue weighted by atomic mass is 9.99. The number of hydrogen-bond donors (Lipinski definition) is 1. The molecule has 1 N–H and O–H groups in total. The van der Waals surface area contributed by atoms with E-state index in [2.05, 4.69) is 24.1 Å². The lowest BCUT2D eigenvalue weighted by molar-refractivity contribution is 0.220. The molecule has 0 saturated carbocycles. The lowest BCUT2D eigenvalue weighted by Crippen LogP contribution is -2.12. The van der Waals surface area contributed by atoms with Gasteiger partial charge in [-0.25, -0.2) is 0 Å². The predicted octanol–water partition coefficient (Wildman–Crippen LogP) is 2.77. The van der Waals surface area contributed by atoms with Gasteiger partial charge in [-0.15, -0.1) is 0 Å². The van der Waals surface area contributed by atoms with Gasteiger partial charge in [0.1, 0.15) is 11.9 Å². The van der Waals surface area contributed by atoms with Crippen molar-refractivity contribution in [1.29, 1.82) is 0 Å². The molecule has 3 rings (SSSR count). The minimum Gasteiger partial charge on any atom is -0.497 e. The summed E-state index contributed by atoms with van der Waals surface area (Å²) in [5.41, 5.74) is 4.43. The monoisotopic (exact) mass is 269 g/mol. The Bertz CT molecular complexity index is 607. The summed E-state index contributed by atoms with van der Waals surface area (Å²) >= 11 is 0. The van der Waals surface area contributed by atoms with Crippen molar-refractivity contribution >= 4 is 5.69 Å². The number of anilines is 1. The Hall–Kier alpha value is -2.00. The Labute approximate surface area is 119 Å². The van der Waals surface area contributed by atoms with Gasteiger partial charge in [0.25, 0.3) is 0 Å². The number of ether oxygens (including phenoxy) is 1. The average molecular weight is 269 g/mol. The van der Waals surface area contributed by atoms with Gasteiger partial charge in [-0.3, -0.25) is 0 Å². The minimum atomic E-state index is -0.586. The first-order valence-corrected chi connectivity index (χ1v) is 6.85. The molecule has 1 heterocycles. The van der Waals surface area contributed by atoms with Gasteiger partial charge >= 0.3 is 0 Å². The molecular weight excluding hydrogens is 250 g/mol. The van der Waals surface area contributed by atoms with E-state index in [9.17, 15) is 5.11 Å². The molecule has 1 atom stereocenters. The Balaban J connectivity index is 1.88. The summed E-state index contributed by atoms with van der Waals surface area (Å²) in [5.74, 6) is 0.802. The Morgan fingerprint density at radius 1 is 1.10 bits per heavy atom. The molecule has 2 aromatic carbocycles. The van der Waals surface area contributed by atoms with Crippen molar-refractivity contribution in [2.24, 2.45) is 0 Å². The highest BCUT2D eigenvalue weighted by Gasteiger charge is 2.18. The molecule has 0 fully saturated rings. The minimum absolute atomic E-state index is 0.586. The van der Waals surface area contributed by atoms with Gasteiger partial charge < -0.3 is 14.7 Å². The molecule has 0 aromatic heterocycles. The first-order valence-electron chi connectivity index (χ1n) is 6.85. The largest absolute Gasteiger partial charge is 0.497 e. The first kappa shape index (κ1) is 13.0. The molecule has 0 bridgehead atoms. The van der Waals surface area contributed by atoms with E-state index in [1.165, 1.54) is 11.3 Å². The molecule has 3 nitrogen and oxygen atoms in total. The summed E-state index contributed by atoms with van der Waals surface area (Å²) in [5, 5.41) is 10.5. The van der Waals surface area contributed by atoms with E-state index in [0.717, 1.165) is 29.8 Å².